The lowest BCUT2D eigenvalue weighted by molar-refractivity contribution is -0.219. The summed E-state index contributed by atoms with van der Waals surface area (Å²) in [6, 6.07) is 3.14. The molecule has 8 nitrogen and oxygen atoms in total. The number of aliphatic imine (C=N–C) groups is 1. The van der Waals surface area contributed by atoms with Crippen LogP contribution in [0.3, 0.4) is 0 Å². The molecule has 3 heterocycles. The highest BCUT2D eigenvalue weighted by molar-refractivity contribution is 6.02. The van der Waals surface area contributed by atoms with E-state index in [4.69, 9.17) is 15.2 Å². The Morgan fingerprint density at radius 3 is 2.74 bits per heavy atom. The van der Waals surface area contributed by atoms with Crippen LogP contribution >= 0.6 is 0 Å². The van der Waals surface area contributed by atoms with E-state index >= 15 is 0 Å². The van der Waals surface area contributed by atoms with Gasteiger partial charge in [0.2, 0.25) is 0 Å². The van der Waals surface area contributed by atoms with E-state index in [0.29, 0.717) is 5.69 Å². The van der Waals surface area contributed by atoms with Gasteiger partial charge in [-0.1, -0.05) is 0 Å². The Morgan fingerprint density at radius 1 is 1.29 bits per heavy atom. The van der Waals surface area contributed by atoms with Crippen molar-refractivity contribution in [2.45, 2.75) is 24.7 Å². The molecule has 2 aliphatic heterocycles. The van der Waals surface area contributed by atoms with E-state index in [1.54, 1.807) is 6.92 Å². The zero-order valence-corrected chi connectivity index (χ0v) is 16.1. The first kappa shape index (κ1) is 21.0. The van der Waals surface area contributed by atoms with Gasteiger partial charge < -0.3 is 20.5 Å². The molecule has 0 radical (unpaired) electrons. The van der Waals surface area contributed by atoms with E-state index in [9.17, 15) is 22.4 Å². The monoisotopic (exact) mass is 439 g/mol. The molecule has 3 atom stereocenters. The van der Waals surface area contributed by atoms with Crippen LogP contribution in [0.15, 0.2) is 35.6 Å². The number of rotatable bonds is 3. The molecule has 0 spiro atoms. The number of halogens is 4. The summed E-state index contributed by atoms with van der Waals surface area (Å²) in [4.78, 5) is 24.4. The molecule has 31 heavy (non-hydrogen) atoms. The molecular weight excluding hydrogens is 422 g/mol. The lowest BCUT2D eigenvalue weighted by atomic mass is 9.77. The lowest BCUT2D eigenvalue weighted by Gasteiger charge is -2.36. The number of carbonyl (C=O) groups excluding carboxylic acids is 1. The molecule has 2 aliphatic rings. The number of carbonyl (C=O) groups is 1. The fraction of sp³-hybridized carbons (Fsp3) is 0.368. The minimum atomic E-state index is -4.70. The number of ether oxygens (including phenoxy) is 2. The average Bonchev–Trinajstić information content (AvgIpc) is 3.09. The first-order valence-electron chi connectivity index (χ1n) is 9.16. The number of nitrogens with two attached hydrogens (primary N) is 1. The van der Waals surface area contributed by atoms with Crippen LogP contribution in [0.4, 0.5) is 23.2 Å². The maximum Gasteiger partial charge on any atom is 0.415 e. The predicted molar refractivity (Wildman–Crippen MR) is 99.7 cm³/mol. The zero-order chi connectivity index (χ0) is 22.4. The van der Waals surface area contributed by atoms with Gasteiger partial charge in [0, 0.05) is 17.4 Å². The summed E-state index contributed by atoms with van der Waals surface area (Å²) in [7, 11) is 0. The third-order valence-corrected chi connectivity index (χ3v) is 5.21. The molecule has 0 bridgehead atoms. The molecule has 1 aromatic carbocycles. The smallest absolute Gasteiger partial charge is 0.415 e. The van der Waals surface area contributed by atoms with Crippen LogP contribution in [-0.2, 0) is 15.0 Å². The van der Waals surface area contributed by atoms with Crippen molar-refractivity contribution in [2.75, 3.05) is 18.5 Å². The van der Waals surface area contributed by atoms with E-state index < -0.39 is 48.7 Å². The van der Waals surface area contributed by atoms with E-state index in [1.165, 1.54) is 24.5 Å². The van der Waals surface area contributed by atoms with Crippen LogP contribution in [-0.4, -0.2) is 47.4 Å². The third kappa shape index (κ3) is 3.78. The summed E-state index contributed by atoms with van der Waals surface area (Å²) >= 11 is 0. The molecule has 164 valence electrons. The molecule has 1 aromatic heterocycles. The normalized spacial score (nSPS) is 25.4. The summed E-state index contributed by atoms with van der Waals surface area (Å²) in [6.07, 6.45) is -4.23. The highest BCUT2D eigenvalue weighted by Crippen LogP contribution is 2.50. The first-order chi connectivity index (χ1) is 14.6. The summed E-state index contributed by atoms with van der Waals surface area (Å²) < 4.78 is 65.2. The number of hydrogen-bond donors (Lipinski definition) is 2. The van der Waals surface area contributed by atoms with Crippen molar-refractivity contribution in [2.24, 2.45) is 16.6 Å². The van der Waals surface area contributed by atoms with Crippen molar-refractivity contribution in [1.82, 2.24) is 9.97 Å². The summed E-state index contributed by atoms with van der Waals surface area (Å²) in [6.45, 7) is 0.701. The van der Waals surface area contributed by atoms with Gasteiger partial charge in [-0.15, -0.1) is 0 Å². The molecule has 12 heteroatoms. The standard InChI is InChI=1S/C19H17F4N5O3/c1-9-5-26-14(6-25-9)16(29)27-10-2-3-13(20)11(4-10)18-8-31-15(19(21,22)23)12(18)7-30-17(24)28-18/h2-6,12,15H,7-8H2,1H3,(H2,24,28)(H,27,29)/t12-,15+,18-/m1/s1. The Hall–Kier alpha value is -3.28. The predicted octanol–water partition coefficient (Wildman–Crippen LogP) is 2.29. The van der Waals surface area contributed by atoms with E-state index in [0.717, 1.165) is 6.07 Å². The van der Waals surface area contributed by atoms with Crippen LogP contribution < -0.4 is 11.1 Å². The number of benzene rings is 1. The van der Waals surface area contributed by atoms with Crippen LogP contribution in [0.1, 0.15) is 21.7 Å². The zero-order valence-electron chi connectivity index (χ0n) is 16.1. The molecule has 1 fully saturated rings. The highest BCUT2D eigenvalue weighted by atomic mass is 19.4. The van der Waals surface area contributed by atoms with Gasteiger partial charge in [0.15, 0.2) is 6.10 Å². The quantitative estimate of drug-likeness (QED) is 0.710. The fourth-order valence-electron chi connectivity index (χ4n) is 3.74. The second-order valence-corrected chi connectivity index (χ2v) is 7.26. The maximum absolute atomic E-state index is 14.8. The van der Waals surface area contributed by atoms with Crippen LogP contribution in [0.5, 0.6) is 0 Å². The number of anilines is 1. The Labute approximate surface area is 173 Å². The summed E-state index contributed by atoms with van der Waals surface area (Å²) in [5, 5.41) is 2.53. The van der Waals surface area contributed by atoms with Gasteiger partial charge in [-0.2, -0.15) is 13.2 Å². The molecular formula is C19H17F4N5O3. The largest absolute Gasteiger partial charge is 0.465 e. The van der Waals surface area contributed by atoms with Crippen molar-refractivity contribution in [3.05, 3.63) is 53.4 Å². The van der Waals surface area contributed by atoms with Gasteiger partial charge in [-0.05, 0) is 25.1 Å². The van der Waals surface area contributed by atoms with Crippen LogP contribution in [0.25, 0.3) is 0 Å². The molecule has 0 saturated carbocycles. The van der Waals surface area contributed by atoms with Crippen LogP contribution in [0, 0.1) is 18.7 Å². The molecule has 1 amide bonds. The third-order valence-electron chi connectivity index (χ3n) is 5.21. The number of alkyl halides is 3. The average molecular weight is 439 g/mol. The summed E-state index contributed by atoms with van der Waals surface area (Å²) in [5.74, 6) is -2.80. The minimum absolute atomic E-state index is 0.0159. The van der Waals surface area contributed by atoms with E-state index in [2.05, 4.69) is 20.3 Å². The topological polar surface area (TPSA) is 112 Å². The number of fused-ring (bicyclic) bond motifs is 1. The molecule has 1 saturated heterocycles. The Balaban J connectivity index is 1.71. The van der Waals surface area contributed by atoms with Gasteiger partial charge in [0.05, 0.1) is 31.0 Å². The number of hydrogen-bond acceptors (Lipinski definition) is 7. The van der Waals surface area contributed by atoms with Gasteiger partial charge in [0.1, 0.15) is 17.1 Å². The van der Waals surface area contributed by atoms with E-state index in [-0.39, 0.29) is 23.0 Å². The van der Waals surface area contributed by atoms with Crippen molar-refractivity contribution in [1.29, 1.82) is 0 Å². The van der Waals surface area contributed by atoms with E-state index in [1.807, 2.05) is 0 Å². The second-order valence-electron chi connectivity index (χ2n) is 7.26. The van der Waals surface area contributed by atoms with Crippen molar-refractivity contribution in [3.8, 4) is 0 Å². The maximum atomic E-state index is 14.8. The molecule has 0 aliphatic carbocycles. The first-order valence-corrected chi connectivity index (χ1v) is 9.16. The molecule has 3 N–H and O–H groups in total. The lowest BCUT2D eigenvalue weighted by Crippen LogP contribution is -2.48. The SMILES string of the molecule is Cc1cnc(C(=O)Nc2ccc(F)c([C@]34CO[C@H](C(F)(F)F)[C@H]3COC(N)=N4)c2)cn1. The number of nitrogens with one attached hydrogen (secondary N) is 1. The number of amides is 1. The number of nitrogens with zero attached hydrogens (tertiary/aromatic N) is 3. The highest BCUT2D eigenvalue weighted by Gasteiger charge is 2.62. The van der Waals surface area contributed by atoms with Gasteiger partial charge in [-0.3, -0.25) is 9.78 Å². The van der Waals surface area contributed by atoms with Crippen molar-refractivity contribution in [3.63, 3.8) is 0 Å². The fourth-order valence-corrected chi connectivity index (χ4v) is 3.74. The Bertz CT molecular complexity index is 1040. The number of amidine groups is 1. The Kier molecular flexibility index (Phi) is 5.04. The summed E-state index contributed by atoms with van der Waals surface area (Å²) in [5.41, 5.74) is 4.42. The van der Waals surface area contributed by atoms with Gasteiger partial charge >= 0.3 is 6.18 Å². The minimum Gasteiger partial charge on any atom is -0.465 e. The van der Waals surface area contributed by atoms with Crippen molar-refractivity contribution >= 4 is 17.6 Å². The second kappa shape index (κ2) is 7.45. The van der Waals surface area contributed by atoms with Gasteiger partial charge in [0.25, 0.3) is 11.9 Å². The van der Waals surface area contributed by atoms with Crippen molar-refractivity contribution < 1.29 is 31.8 Å². The number of aryl methyl sites for hydroxylation is 1. The van der Waals surface area contributed by atoms with Crippen LogP contribution in [0.2, 0.25) is 0 Å². The van der Waals surface area contributed by atoms with Gasteiger partial charge in [-0.25, -0.2) is 14.4 Å². The molecule has 2 aromatic rings. The Morgan fingerprint density at radius 2 is 2.06 bits per heavy atom. The molecule has 4 rings (SSSR count). The molecule has 0 unspecified atom stereocenters. The number of aromatic nitrogens is 2.